The van der Waals surface area contributed by atoms with Crippen LogP contribution in [0.5, 0.6) is 0 Å². The minimum Gasteiger partial charge on any atom is -0.399 e. The predicted octanol–water partition coefficient (Wildman–Crippen LogP) is 4.32. The van der Waals surface area contributed by atoms with Gasteiger partial charge in [-0.3, -0.25) is 0 Å². The zero-order valence-electron chi connectivity index (χ0n) is 11.4. The summed E-state index contributed by atoms with van der Waals surface area (Å²) < 4.78 is 27.4. The summed E-state index contributed by atoms with van der Waals surface area (Å²) in [5, 5.41) is 3.00. The Labute approximate surface area is 113 Å². The Balaban J connectivity index is 1.96. The molecule has 0 aliphatic heterocycles. The van der Waals surface area contributed by atoms with Gasteiger partial charge < -0.3 is 11.1 Å². The van der Waals surface area contributed by atoms with E-state index in [-0.39, 0.29) is 17.4 Å². The first-order valence-corrected chi connectivity index (χ1v) is 7.11. The van der Waals surface area contributed by atoms with Crippen LogP contribution < -0.4 is 11.1 Å². The van der Waals surface area contributed by atoms with Crippen molar-refractivity contribution in [3.05, 3.63) is 23.8 Å². The topological polar surface area (TPSA) is 38.0 Å². The summed E-state index contributed by atoms with van der Waals surface area (Å²) in [6, 6.07) is 2.49. The highest BCUT2D eigenvalue weighted by atomic mass is 19.1. The summed E-state index contributed by atoms with van der Waals surface area (Å²) >= 11 is 0. The van der Waals surface area contributed by atoms with Gasteiger partial charge in [0.25, 0.3) is 0 Å². The van der Waals surface area contributed by atoms with Crippen molar-refractivity contribution in [2.45, 2.75) is 51.5 Å². The Bertz CT molecular complexity index is 403. The van der Waals surface area contributed by atoms with Crippen LogP contribution in [-0.4, -0.2) is 6.04 Å². The van der Waals surface area contributed by atoms with Gasteiger partial charge in [0.2, 0.25) is 0 Å². The fourth-order valence-corrected chi connectivity index (χ4v) is 2.94. The molecule has 3 N–H and O–H groups in total. The maximum Gasteiger partial charge on any atom is 0.151 e. The van der Waals surface area contributed by atoms with Crippen LogP contribution >= 0.6 is 0 Å². The van der Waals surface area contributed by atoms with Gasteiger partial charge in [-0.1, -0.05) is 19.8 Å². The third-order valence-electron chi connectivity index (χ3n) is 3.96. The second-order valence-electron chi connectivity index (χ2n) is 5.51. The number of benzene rings is 1. The number of nitrogen functional groups attached to an aromatic ring is 1. The van der Waals surface area contributed by atoms with Crippen molar-refractivity contribution < 1.29 is 8.78 Å². The average molecular weight is 268 g/mol. The molecule has 1 saturated carbocycles. The standard InChI is InChI=1S/C15H22F2N2/c1-2-3-10-4-6-12(7-5-10)19-15-13(16)8-11(18)9-14(15)17/h8-10,12,19H,2-7,18H2,1H3. The van der Waals surface area contributed by atoms with Crippen molar-refractivity contribution in [3.63, 3.8) is 0 Å². The normalized spacial score (nSPS) is 23.3. The van der Waals surface area contributed by atoms with Crippen molar-refractivity contribution in [2.24, 2.45) is 5.92 Å². The van der Waals surface area contributed by atoms with Crippen molar-refractivity contribution in [1.29, 1.82) is 0 Å². The van der Waals surface area contributed by atoms with E-state index in [0.717, 1.165) is 43.7 Å². The van der Waals surface area contributed by atoms with Crippen LogP contribution in [0, 0.1) is 17.6 Å². The van der Waals surface area contributed by atoms with E-state index in [1.165, 1.54) is 12.8 Å². The quantitative estimate of drug-likeness (QED) is 0.798. The fourth-order valence-electron chi connectivity index (χ4n) is 2.94. The number of anilines is 2. The lowest BCUT2D eigenvalue weighted by Crippen LogP contribution is -2.27. The first-order chi connectivity index (χ1) is 9.10. The number of hydrogen-bond acceptors (Lipinski definition) is 2. The Morgan fingerprint density at radius 2 is 1.74 bits per heavy atom. The van der Waals surface area contributed by atoms with Gasteiger partial charge in [0.1, 0.15) is 5.69 Å². The second-order valence-corrected chi connectivity index (χ2v) is 5.51. The number of hydrogen-bond donors (Lipinski definition) is 2. The maximum absolute atomic E-state index is 13.7. The highest BCUT2D eigenvalue weighted by molar-refractivity contribution is 5.54. The molecule has 0 spiro atoms. The molecule has 106 valence electrons. The van der Waals surface area contributed by atoms with Gasteiger partial charge >= 0.3 is 0 Å². The molecule has 19 heavy (non-hydrogen) atoms. The smallest absolute Gasteiger partial charge is 0.151 e. The SMILES string of the molecule is CCCC1CCC(Nc2c(F)cc(N)cc2F)CC1. The van der Waals surface area contributed by atoms with E-state index in [1.807, 2.05) is 0 Å². The van der Waals surface area contributed by atoms with E-state index in [0.29, 0.717) is 0 Å². The zero-order valence-corrected chi connectivity index (χ0v) is 11.4. The molecule has 2 rings (SSSR count). The summed E-state index contributed by atoms with van der Waals surface area (Å²) in [4.78, 5) is 0. The van der Waals surface area contributed by atoms with Gasteiger partial charge in [0.05, 0.1) is 0 Å². The number of nitrogens with one attached hydrogen (secondary N) is 1. The van der Waals surface area contributed by atoms with E-state index in [4.69, 9.17) is 5.73 Å². The molecule has 0 bridgehead atoms. The van der Waals surface area contributed by atoms with E-state index >= 15 is 0 Å². The molecule has 1 aromatic rings. The molecule has 1 aromatic carbocycles. The van der Waals surface area contributed by atoms with Gasteiger partial charge in [0.15, 0.2) is 11.6 Å². The van der Waals surface area contributed by atoms with E-state index in [2.05, 4.69) is 12.2 Å². The first kappa shape index (κ1) is 14.1. The van der Waals surface area contributed by atoms with Crippen molar-refractivity contribution in [3.8, 4) is 0 Å². The van der Waals surface area contributed by atoms with Gasteiger partial charge in [0, 0.05) is 11.7 Å². The van der Waals surface area contributed by atoms with Crippen LogP contribution in [0.4, 0.5) is 20.2 Å². The molecule has 1 aliphatic carbocycles. The molecule has 1 fully saturated rings. The summed E-state index contributed by atoms with van der Waals surface area (Å²) in [6.07, 6.45) is 6.72. The second kappa shape index (κ2) is 6.22. The Morgan fingerprint density at radius 3 is 2.26 bits per heavy atom. The first-order valence-electron chi connectivity index (χ1n) is 7.11. The van der Waals surface area contributed by atoms with E-state index in [1.54, 1.807) is 0 Å². The minimum atomic E-state index is -0.604. The molecule has 0 heterocycles. The fraction of sp³-hybridized carbons (Fsp3) is 0.600. The lowest BCUT2D eigenvalue weighted by atomic mass is 9.83. The van der Waals surface area contributed by atoms with Crippen molar-refractivity contribution >= 4 is 11.4 Å². The lowest BCUT2D eigenvalue weighted by Gasteiger charge is -2.29. The summed E-state index contributed by atoms with van der Waals surface area (Å²) in [6.45, 7) is 2.20. The number of nitrogens with two attached hydrogens (primary N) is 1. The molecule has 0 radical (unpaired) electrons. The third kappa shape index (κ3) is 3.58. The molecular weight excluding hydrogens is 246 g/mol. The molecule has 2 nitrogen and oxygen atoms in total. The number of rotatable bonds is 4. The van der Waals surface area contributed by atoms with Crippen molar-refractivity contribution in [2.75, 3.05) is 11.1 Å². The molecule has 0 amide bonds. The van der Waals surface area contributed by atoms with E-state index in [9.17, 15) is 8.78 Å². The Kier molecular flexibility index (Phi) is 4.61. The molecule has 0 saturated heterocycles. The molecular formula is C15H22F2N2. The maximum atomic E-state index is 13.7. The van der Waals surface area contributed by atoms with Gasteiger partial charge in [-0.15, -0.1) is 0 Å². The van der Waals surface area contributed by atoms with Crippen LogP contribution in [0.3, 0.4) is 0 Å². The summed E-state index contributed by atoms with van der Waals surface area (Å²) in [5.41, 5.74) is 5.49. The average Bonchev–Trinajstić information content (AvgIpc) is 2.36. The molecule has 1 aliphatic rings. The largest absolute Gasteiger partial charge is 0.399 e. The van der Waals surface area contributed by atoms with Crippen LogP contribution in [0.2, 0.25) is 0 Å². The Hall–Kier alpha value is -1.32. The van der Waals surface area contributed by atoms with Gasteiger partial charge in [-0.25, -0.2) is 8.78 Å². The van der Waals surface area contributed by atoms with E-state index < -0.39 is 11.6 Å². The summed E-state index contributed by atoms with van der Waals surface area (Å²) in [5.74, 6) is -0.425. The predicted molar refractivity (Wildman–Crippen MR) is 75.0 cm³/mol. The number of halogens is 2. The summed E-state index contributed by atoms with van der Waals surface area (Å²) in [7, 11) is 0. The molecule has 0 unspecified atom stereocenters. The molecule has 0 atom stereocenters. The van der Waals surface area contributed by atoms with Gasteiger partial charge in [-0.2, -0.15) is 0 Å². The van der Waals surface area contributed by atoms with Crippen LogP contribution in [0.25, 0.3) is 0 Å². The van der Waals surface area contributed by atoms with Crippen LogP contribution in [0.1, 0.15) is 45.4 Å². The van der Waals surface area contributed by atoms with Crippen LogP contribution in [-0.2, 0) is 0 Å². The highest BCUT2D eigenvalue weighted by Gasteiger charge is 2.22. The highest BCUT2D eigenvalue weighted by Crippen LogP contribution is 2.31. The molecule has 4 heteroatoms. The zero-order chi connectivity index (χ0) is 13.8. The Morgan fingerprint density at radius 1 is 1.16 bits per heavy atom. The van der Waals surface area contributed by atoms with Crippen LogP contribution in [0.15, 0.2) is 12.1 Å². The van der Waals surface area contributed by atoms with Crippen molar-refractivity contribution in [1.82, 2.24) is 0 Å². The lowest BCUT2D eigenvalue weighted by molar-refractivity contribution is 0.318. The van der Waals surface area contributed by atoms with Gasteiger partial charge in [-0.05, 0) is 43.7 Å². The minimum absolute atomic E-state index is 0.0341. The third-order valence-corrected chi connectivity index (χ3v) is 3.96. The molecule has 0 aromatic heterocycles. The monoisotopic (exact) mass is 268 g/mol.